The molecule has 3 N–H and O–H groups in total. The first kappa shape index (κ1) is 17.1. The lowest BCUT2D eigenvalue weighted by Crippen LogP contribution is -2.37. The summed E-state index contributed by atoms with van der Waals surface area (Å²) in [6.07, 6.45) is 3.48. The van der Waals surface area contributed by atoms with Crippen LogP contribution in [0.3, 0.4) is 0 Å². The fraction of sp³-hybridized carbons (Fsp3) is 0.308. The van der Waals surface area contributed by atoms with E-state index in [1.807, 2.05) is 0 Å². The molecule has 0 saturated heterocycles. The molecule has 0 bridgehead atoms. The minimum atomic E-state index is -0.519. The number of hydrogen-bond donors (Lipinski definition) is 3. The molecule has 128 valence electrons. The fourth-order valence-electron chi connectivity index (χ4n) is 1.97. The number of nitrogens with zero attached hydrogens (tertiary/aromatic N) is 5. The Balaban J connectivity index is 2.15. The standard InChI is InChI=1S/C13H18N8O3/c1-19(2)18-13(24)11-16-9(6-21(11)4)17-12(23)10-15-8(14-7-22)5-20(10)3/h5-7H,1-4H3,(H,14,22)(H,17,23)(H,18,24). The summed E-state index contributed by atoms with van der Waals surface area (Å²) in [6.45, 7) is 0. The van der Waals surface area contributed by atoms with Gasteiger partial charge in [0.15, 0.2) is 11.6 Å². The first-order valence-electron chi connectivity index (χ1n) is 6.88. The zero-order chi connectivity index (χ0) is 17.9. The van der Waals surface area contributed by atoms with Gasteiger partial charge in [0.05, 0.1) is 0 Å². The zero-order valence-corrected chi connectivity index (χ0v) is 13.7. The van der Waals surface area contributed by atoms with Crippen molar-refractivity contribution >= 4 is 29.9 Å². The molecule has 3 amide bonds. The summed E-state index contributed by atoms with van der Waals surface area (Å²) in [5.41, 5.74) is 2.57. The SMILES string of the molecule is CN(C)NC(=O)c1nc(NC(=O)c2nc(NC=O)cn2C)cn1C. The number of anilines is 2. The monoisotopic (exact) mass is 334 g/mol. The molecular weight excluding hydrogens is 316 g/mol. The van der Waals surface area contributed by atoms with Crippen LogP contribution >= 0.6 is 0 Å². The number of nitrogens with one attached hydrogen (secondary N) is 3. The lowest BCUT2D eigenvalue weighted by atomic mass is 10.5. The molecule has 24 heavy (non-hydrogen) atoms. The minimum absolute atomic E-state index is 0.0873. The van der Waals surface area contributed by atoms with Crippen molar-refractivity contribution < 1.29 is 14.4 Å². The maximum absolute atomic E-state index is 12.3. The maximum atomic E-state index is 12.3. The molecule has 0 radical (unpaired) electrons. The van der Waals surface area contributed by atoms with Gasteiger partial charge in [-0.05, 0) is 0 Å². The molecule has 0 aliphatic rings. The Kier molecular flexibility index (Phi) is 4.94. The number of carbonyl (C=O) groups is 3. The Morgan fingerprint density at radius 3 is 2.17 bits per heavy atom. The average molecular weight is 334 g/mol. The minimum Gasteiger partial charge on any atom is -0.328 e. The number of rotatable bonds is 6. The van der Waals surface area contributed by atoms with E-state index in [1.54, 1.807) is 28.2 Å². The average Bonchev–Trinajstić information content (AvgIpc) is 3.01. The number of amides is 3. The third kappa shape index (κ3) is 3.76. The van der Waals surface area contributed by atoms with E-state index in [0.29, 0.717) is 6.41 Å². The smallest absolute Gasteiger partial charge is 0.301 e. The molecule has 0 aliphatic carbocycles. The van der Waals surface area contributed by atoms with Gasteiger partial charge in [0.1, 0.15) is 0 Å². The highest BCUT2D eigenvalue weighted by Gasteiger charge is 2.18. The molecule has 0 unspecified atom stereocenters. The highest BCUT2D eigenvalue weighted by molar-refractivity contribution is 6.02. The lowest BCUT2D eigenvalue weighted by Gasteiger charge is -2.10. The van der Waals surface area contributed by atoms with Gasteiger partial charge in [0, 0.05) is 40.6 Å². The lowest BCUT2D eigenvalue weighted by molar-refractivity contribution is -0.105. The number of carbonyl (C=O) groups excluding carboxylic acids is 3. The Morgan fingerprint density at radius 1 is 1.04 bits per heavy atom. The van der Waals surface area contributed by atoms with Crippen LogP contribution in [0, 0.1) is 0 Å². The summed E-state index contributed by atoms with van der Waals surface area (Å²) in [4.78, 5) is 42.7. The van der Waals surface area contributed by atoms with Gasteiger partial charge in [0.2, 0.25) is 18.1 Å². The van der Waals surface area contributed by atoms with Gasteiger partial charge in [-0.3, -0.25) is 19.8 Å². The van der Waals surface area contributed by atoms with E-state index in [9.17, 15) is 14.4 Å². The Hall–Kier alpha value is -3.21. The highest BCUT2D eigenvalue weighted by atomic mass is 16.2. The van der Waals surface area contributed by atoms with Crippen LogP contribution in [0.15, 0.2) is 12.4 Å². The summed E-state index contributed by atoms with van der Waals surface area (Å²) in [5, 5.41) is 6.41. The molecule has 0 atom stereocenters. The van der Waals surface area contributed by atoms with Crippen molar-refractivity contribution in [2.24, 2.45) is 14.1 Å². The topological polar surface area (TPSA) is 126 Å². The molecule has 0 saturated carbocycles. The van der Waals surface area contributed by atoms with Crippen molar-refractivity contribution in [2.45, 2.75) is 0 Å². The van der Waals surface area contributed by atoms with Gasteiger partial charge in [-0.2, -0.15) is 0 Å². The van der Waals surface area contributed by atoms with E-state index in [2.05, 4.69) is 26.0 Å². The third-order valence-corrected chi connectivity index (χ3v) is 2.93. The van der Waals surface area contributed by atoms with Crippen LogP contribution in [-0.2, 0) is 18.9 Å². The van der Waals surface area contributed by atoms with Gasteiger partial charge < -0.3 is 19.8 Å². The first-order valence-corrected chi connectivity index (χ1v) is 6.88. The van der Waals surface area contributed by atoms with Crippen molar-refractivity contribution in [3.8, 4) is 0 Å². The summed E-state index contributed by atoms with van der Waals surface area (Å²) in [7, 11) is 6.61. The van der Waals surface area contributed by atoms with Crippen LogP contribution in [-0.4, -0.2) is 56.4 Å². The third-order valence-electron chi connectivity index (χ3n) is 2.93. The van der Waals surface area contributed by atoms with Crippen LogP contribution in [0.2, 0.25) is 0 Å². The van der Waals surface area contributed by atoms with Crippen LogP contribution in [0.5, 0.6) is 0 Å². The molecule has 0 fully saturated rings. The summed E-state index contributed by atoms with van der Waals surface area (Å²) < 4.78 is 2.95. The molecule has 0 aliphatic heterocycles. The predicted octanol–water partition coefficient (Wildman–Crippen LogP) is -0.819. The fourth-order valence-corrected chi connectivity index (χ4v) is 1.97. The largest absolute Gasteiger partial charge is 0.328 e. The number of hydrogen-bond acceptors (Lipinski definition) is 6. The van der Waals surface area contributed by atoms with E-state index in [-0.39, 0.29) is 23.3 Å². The van der Waals surface area contributed by atoms with Crippen molar-refractivity contribution in [1.82, 2.24) is 29.5 Å². The summed E-state index contributed by atoms with van der Waals surface area (Å²) in [5.74, 6) is -0.234. The molecule has 11 nitrogen and oxygen atoms in total. The van der Waals surface area contributed by atoms with E-state index in [4.69, 9.17) is 0 Å². The highest BCUT2D eigenvalue weighted by Crippen LogP contribution is 2.11. The van der Waals surface area contributed by atoms with Gasteiger partial charge in [-0.15, -0.1) is 0 Å². The second-order valence-corrected chi connectivity index (χ2v) is 5.17. The van der Waals surface area contributed by atoms with E-state index >= 15 is 0 Å². The van der Waals surface area contributed by atoms with Crippen molar-refractivity contribution in [3.05, 3.63) is 24.0 Å². The Labute approximate surface area is 137 Å². The maximum Gasteiger partial charge on any atom is 0.301 e. The number of hydrazine groups is 1. The van der Waals surface area contributed by atoms with Crippen LogP contribution in [0.25, 0.3) is 0 Å². The van der Waals surface area contributed by atoms with Crippen molar-refractivity contribution in [3.63, 3.8) is 0 Å². The van der Waals surface area contributed by atoms with Gasteiger partial charge >= 0.3 is 5.91 Å². The second-order valence-electron chi connectivity index (χ2n) is 5.17. The molecule has 2 aromatic heterocycles. The molecule has 2 rings (SSSR count). The number of aromatic nitrogens is 4. The second kappa shape index (κ2) is 6.91. The van der Waals surface area contributed by atoms with Gasteiger partial charge in [0.25, 0.3) is 5.91 Å². The normalized spacial score (nSPS) is 10.5. The first-order chi connectivity index (χ1) is 11.3. The van der Waals surface area contributed by atoms with Crippen molar-refractivity contribution in [2.75, 3.05) is 24.7 Å². The zero-order valence-electron chi connectivity index (χ0n) is 13.7. The van der Waals surface area contributed by atoms with Crippen LogP contribution in [0.4, 0.5) is 11.6 Å². The molecule has 2 heterocycles. The van der Waals surface area contributed by atoms with Crippen LogP contribution < -0.4 is 16.1 Å². The van der Waals surface area contributed by atoms with Crippen LogP contribution in [0.1, 0.15) is 21.2 Å². The van der Waals surface area contributed by atoms with E-state index < -0.39 is 11.8 Å². The van der Waals surface area contributed by atoms with E-state index in [1.165, 1.54) is 26.5 Å². The van der Waals surface area contributed by atoms with Crippen molar-refractivity contribution in [1.29, 1.82) is 0 Å². The van der Waals surface area contributed by atoms with E-state index in [0.717, 1.165) is 0 Å². The number of aryl methyl sites for hydroxylation is 2. The Morgan fingerprint density at radius 2 is 1.58 bits per heavy atom. The molecular formula is C13H18N8O3. The quantitative estimate of drug-likeness (QED) is 0.468. The Bertz CT molecular complexity index is 776. The molecule has 0 spiro atoms. The predicted molar refractivity (Wildman–Crippen MR) is 85.2 cm³/mol. The summed E-state index contributed by atoms with van der Waals surface area (Å²) in [6, 6.07) is 0. The van der Waals surface area contributed by atoms with Gasteiger partial charge in [-0.1, -0.05) is 0 Å². The molecule has 0 aromatic carbocycles. The summed E-state index contributed by atoms with van der Waals surface area (Å²) >= 11 is 0. The molecule has 2 aromatic rings. The number of imidazole rings is 2. The van der Waals surface area contributed by atoms with Gasteiger partial charge in [-0.25, -0.2) is 15.0 Å². The molecule has 11 heteroatoms.